The van der Waals surface area contributed by atoms with Crippen LogP contribution in [0.25, 0.3) is 10.1 Å². The highest BCUT2D eigenvalue weighted by Crippen LogP contribution is 2.39. The van der Waals surface area contributed by atoms with Crippen LogP contribution in [0.3, 0.4) is 0 Å². The molecule has 1 amide bonds. The third-order valence-electron chi connectivity index (χ3n) is 3.73. The lowest BCUT2D eigenvalue weighted by molar-refractivity contribution is 0.0940. The van der Waals surface area contributed by atoms with Gasteiger partial charge in [-0.15, -0.1) is 11.3 Å². The third-order valence-corrected chi connectivity index (χ3v) is 5.69. The first-order valence-corrected chi connectivity index (χ1v) is 8.91. The Bertz CT molecular complexity index is 845. The van der Waals surface area contributed by atoms with Gasteiger partial charge in [0.2, 0.25) is 0 Å². The number of benzene rings is 2. The van der Waals surface area contributed by atoms with Crippen LogP contribution in [-0.4, -0.2) is 5.91 Å². The topological polar surface area (TPSA) is 29.1 Å². The molecule has 0 aliphatic rings. The Balaban J connectivity index is 1.91. The summed E-state index contributed by atoms with van der Waals surface area (Å²) >= 11 is 14.0. The lowest BCUT2D eigenvalue weighted by atomic mass is 10.0. The van der Waals surface area contributed by atoms with Gasteiger partial charge >= 0.3 is 0 Å². The van der Waals surface area contributed by atoms with Crippen LogP contribution in [0.15, 0.2) is 48.5 Å². The monoisotopic (exact) mass is 363 g/mol. The van der Waals surface area contributed by atoms with E-state index in [0.717, 1.165) is 22.1 Å². The molecule has 3 aromatic rings. The van der Waals surface area contributed by atoms with Gasteiger partial charge < -0.3 is 5.32 Å². The first-order valence-electron chi connectivity index (χ1n) is 7.34. The first kappa shape index (κ1) is 16.3. The fourth-order valence-electron chi connectivity index (χ4n) is 2.55. The van der Waals surface area contributed by atoms with Gasteiger partial charge in [-0.2, -0.15) is 0 Å². The smallest absolute Gasteiger partial charge is 0.263 e. The van der Waals surface area contributed by atoms with Crippen molar-refractivity contribution in [2.24, 2.45) is 0 Å². The molecule has 1 heterocycles. The number of halogens is 2. The van der Waals surface area contributed by atoms with E-state index in [1.165, 1.54) is 11.3 Å². The summed E-state index contributed by atoms with van der Waals surface area (Å²) in [6.45, 7) is 2.04. The third kappa shape index (κ3) is 3.23. The zero-order valence-electron chi connectivity index (χ0n) is 12.5. The minimum atomic E-state index is -0.164. The van der Waals surface area contributed by atoms with E-state index in [9.17, 15) is 4.79 Å². The Labute approximate surface area is 149 Å². The molecular formula is C18H15Cl2NOS. The van der Waals surface area contributed by atoms with Gasteiger partial charge in [0.25, 0.3) is 5.91 Å². The number of rotatable bonds is 4. The molecule has 0 radical (unpaired) electrons. The quantitative estimate of drug-likeness (QED) is 0.596. The summed E-state index contributed by atoms with van der Waals surface area (Å²) in [5.74, 6) is -0.164. The molecule has 0 bridgehead atoms. The van der Waals surface area contributed by atoms with Gasteiger partial charge in [-0.3, -0.25) is 4.79 Å². The molecule has 1 atom stereocenters. The summed E-state index contributed by atoms with van der Waals surface area (Å²) in [6.07, 6.45) is 0.805. The van der Waals surface area contributed by atoms with Crippen LogP contribution in [0, 0.1) is 0 Å². The molecule has 1 N–H and O–H groups in total. The van der Waals surface area contributed by atoms with Gasteiger partial charge in [0.1, 0.15) is 4.88 Å². The van der Waals surface area contributed by atoms with Crippen molar-refractivity contribution in [3.05, 3.63) is 69.0 Å². The predicted octanol–water partition coefficient (Wildman–Crippen LogP) is 6.09. The normalized spacial score (nSPS) is 12.3. The number of hydrogen-bond acceptors (Lipinski definition) is 2. The van der Waals surface area contributed by atoms with Gasteiger partial charge in [0, 0.05) is 10.1 Å². The molecule has 0 saturated carbocycles. The van der Waals surface area contributed by atoms with Gasteiger partial charge in [-0.25, -0.2) is 0 Å². The lowest BCUT2D eigenvalue weighted by Gasteiger charge is -2.17. The molecule has 2 nitrogen and oxygen atoms in total. The maximum Gasteiger partial charge on any atom is 0.263 e. The van der Waals surface area contributed by atoms with E-state index in [2.05, 4.69) is 5.32 Å². The zero-order valence-corrected chi connectivity index (χ0v) is 14.8. The van der Waals surface area contributed by atoms with Crippen LogP contribution in [0.4, 0.5) is 0 Å². The molecule has 0 saturated heterocycles. The minimum Gasteiger partial charge on any atom is -0.345 e. The van der Waals surface area contributed by atoms with Crippen molar-refractivity contribution in [2.75, 3.05) is 0 Å². The van der Waals surface area contributed by atoms with Gasteiger partial charge in [-0.05, 0) is 24.1 Å². The molecule has 0 fully saturated rings. The van der Waals surface area contributed by atoms with E-state index >= 15 is 0 Å². The SMILES string of the molecule is CC[C@H](NC(=O)c1sc2cccc(Cl)c2c1Cl)c1ccccc1. The van der Waals surface area contributed by atoms with E-state index in [-0.39, 0.29) is 11.9 Å². The molecule has 3 rings (SSSR count). The fourth-order valence-corrected chi connectivity index (χ4v) is 4.41. The van der Waals surface area contributed by atoms with Crippen LogP contribution in [0.1, 0.15) is 34.6 Å². The van der Waals surface area contributed by atoms with Gasteiger partial charge in [-0.1, -0.05) is 66.5 Å². The van der Waals surface area contributed by atoms with E-state index in [4.69, 9.17) is 23.2 Å². The molecule has 0 unspecified atom stereocenters. The highest BCUT2D eigenvalue weighted by molar-refractivity contribution is 7.21. The van der Waals surface area contributed by atoms with Crippen molar-refractivity contribution in [2.45, 2.75) is 19.4 Å². The van der Waals surface area contributed by atoms with Crippen molar-refractivity contribution in [3.63, 3.8) is 0 Å². The van der Waals surface area contributed by atoms with Crippen molar-refractivity contribution in [1.29, 1.82) is 0 Å². The molecule has 0 spiro atoms. The molecule has 0 aliphatic carbocycles. The molecular weight excluding hydrogens is 349 g/mol. The Morgan fingerprint density at radius 1 is 1.13 bits per heavy atom. The van der Waals surface area contributed by atoms with Crippen LogP contribution in [-0.2, 0) is 0 Å². The lowest BCUT2D eigenvalue weighted by Crippen LogP contribution is -2.27. The molecule has 2 aromatic carbocycles. The Morgan fingerprint density at radius 3 is 2.52 bits per heavy atom. The van der Waals surface area contributed by atoms with Gasteiger partial charge in [0.05, 0.1) is 16.1 Å². The Kier molecular flexibility index (Phi) is 4.90. The summed E-state index contributed by atoms with van der Waals surface area (Å²) in [4.78, 5) is 13.2. The summed E-state index contributed by atoms with van der Waals surface area (Å²) in [5, 5.41) is 4.81. The Morgan fingerprint density at radius 2 is 1.87 bits per heavy atom. The standard InChI is InChI=1S/C18H15Cl2NOS/c1-2-13(11-7-4-3-5-8-11)21-18(22)17-16(20)15-12(19)9-6-10-14(15)23-17/h3-10,13H,2H2,1H3,(H,21,22)/t13-/m0/s1. The summed E-state index contributed by atoms with van der Waals surface area (Å²) in [5.41, 5.74) is 1.08. The number of amides is 1. The Hall–Kier alpha value is -1.55. The minimum absolute atomic E-state index is 0.0412. The number of hydrogen-bond donors (Lipinski definition) is 1. The summed E-state index contributed by atoms with van der Waals surface area (Å²) < 4.78 is 0.917. The van der Waals surface area contributed by atoms with E-state index in [0.29, 0.717) is 14.9 Å². The number of fused-ring (bicyclic) bond motifs is 1. The highest BCUT2D eigenvalue weighted by Gasteiger charge is 2.21. The molecule has 118 valence electrons. The predicted molar refractivity (Wildman–Crippen MR) is 98.8 cm³/mol. The molecule has 5 heteroatoms. The van der Waals surface area contributed by atoms with Crippen LogP contribution in [0.5, 0.6) is 0 Å². The van der Waals surface area contributed by atoms with Crippen LogP contribution >= 0.6 is 34.5 Å². The highest BCUT2D eigenvalue weighted by atomic mass is 35.5. The molecule has 1 aromatic heterocycles. The summed E-state index contributed by atoms with van der Waals surface area (Å²) in [7, 11) is 0. The second-order valence-corrected chi connectivity index (χ2v) is 7.04. The maximum absolute atomic E-state index is 12.7. The van der Waals surface area contributed by atoms with Crippen molar-refractivity contribution in [1.82, 2.24) is 5.32 Å². The number of thiophene rings is 1. The number of carbonyl (C=O) groups excluding carboxylic acids is 1. The fraction of sp³-hybridized carbons (Fsp3) is 0.167. The van der Waals surface area contributed by atoms with Crippen LogP contribution in [0.2, 0.25) is 10.0 Å². The average Bonchev–Trinajstić information content (AvgIpc) is 2.91. The summed E-state index contributed by atoms with van der Waals surface area (Å²) in [6, 6.07) is 15.4. The van der Waals surface area contributed by atoms with Crippen molar-refractivity contribution in [3.8, 4) is 0 Å². The second-order valence-electron chi connectivity index (χ2n) is 5.20. The largest absolute Gasteiger partial charge is 0.345 e. The van der Waals surface area contributed by atoms with Crippen molar-refractivity contribution >= 4 is 50.5 Å². The number of nitrogens with one attached hydrogen (secondary N) is 1. The van der Waals surface area contributed by atoms with E-state index < -0.39 is 0 Å². The van der Waals surface area contributed by atoms with E-state index in [1.54, 1.807) is 6.07 Å². The van der Waals surface area contributed by atoms with Crippen LogP contribution < -0.4 is 5.32 Å². The van der Waals surface area contributed by atoms with E-state index in [1.807, 2.05) is 49.4 Å². The van der Waals surface area contributed by atoms with Crippen molar-refractivity contribution < 1.29 is 4.79 Å². The molecule has 0 aliphatic heterocycles. The zero-order chi connectivity index (χ0) is 16.4. The average molecular weight is 364 g/mol. The maximum atomic E-state index is 12.7. The first-order chi connectivity index (χ1) is 11.1. The number of carbonyl (C=O) groups is 1. The van der Waals surface area contributed by atoms with Gasteiger partial charge in [0.15, 0.2) is 0 Å². The molecule has 23 heavy (non-hydrogen) atoms. The second kappa shape index (κ2) is 6.91.